The monoisotopic (exact) mass is 746 g/mol. The minimum atomic E-state index is -1.73. The first-order valence-electron chi connectivity index (χ1n) is 16.9. The zero-order chi connectivity index (χ0) is 38.5. The minimum Gasteiger partial charge on any atom is -0.462 e. The molecule has 53 heavy (non-hydrogen) atoms. The van der Waals surface area contributed by atoms with E-state index in [4.69, 9.17) is 52.1 Å². The molecule has 0 amide bonds. The third-order valence-electron chi connectivity index (χ3n) is 8.07. The van der Waals surface area contributed by atoms with Crippen LogP contribution in [-0.4, -0.2) is 112 Å². The molecule has 2 saturated heterocycles. The summed E-state index contributed by atoms with van der Waals surface area (Å²) < 4.78 is 64.7. The molecule has 2 aromatic carbocycles. The van der Waals surface area contributed by atoms with Crippen LogP contribution in [0.25, 0.3) is 0 Å². The minimum absolute atomic E-state index is 0.142. The smallest absolute Gasteiger partial charge is 0.303 e. The van der Waals surface area contributed by atoms with Gasteiger partial charge in [0.2, 0.25) is 0 Å². The Morgan fingerprint density at radius 3 is 1.70 bits per heavy atom. The predicted octanol–water partition coefficient (Wildman–Crippen LogP) is 2.56. The van der Waals surface area contributed by atoms with Gasteiger partial charge in [0.1, 0.15) is 31.0 Å². The molecule has 2 aliphatic rings. The van der Waals surface area contributed by atoms with Crippen molar-refractivity contribution in [3.63, 3.8) is 0 Å². The van der Waals surface area contributed by atoms with Gasteiger partial charge in [-0.2, -0.15) is 0 Å². The molecule has 0 aliphatic carbocycles. The lowest BCUT2D eigenvalue weighted by atomic mass is 9.96. The van der Waals surface area contributed by atoms with Gasteiger partial charge in [0.15, 0.2) is 37.0 Å². The van der Waals surface area contributed by atoms with Crippen LogP contribution in [0.4, 0.5) is 0 Å². The highest BCUT2D eigenvalue weighted by Crippen LogP contribution is 2.36. The molecule has 4 rings (SSSR count). The number of carbonyl (C=O) groups is 5. The van der Waals surface area contributed by atoms with Crippen molar-refractivity contribution in [1.82, 2.24) is 0 Å². The Balaban J connectivity index is 1.73. The van der Waals surface area contributed by atoms with E-state index in [1.54, 1.807) is 0 Å². The van der Waals surface area contributed by atoms with Gasteiger partial charge < -0.3 is 52.1 Å². The normalized spacial score (nSPS) is 24.6. The predicted molar refractivity (Wildman–Crippen MR) is 179 cm³/mol. The van der Waals surface area contributed by atoms with Crippen molar-refractivity contribution >= 4 is 29.8 Å². The summed E-state index contributed by atoms with van der Waals surface area (Å²) in [4.78, 5) is 61.6. The number of carbonyl (C=O) groups excluding carboxylic acids is 5. The SMILES string of the molecule is CO[C@H]1O[C@@H]2COC([C@H](OC(C)=O)[C@@H](OC(C)=O)[C@H](OC(C)=O)[C@@H](COC(C)=O)OC(C)=O)O[C@H]2[C@H](OCc2ccccc2)[C@H]1OCc1ccccc1. The van der Waals surface area contributed by atoms with Crippen molar-refractivity contribution in [3.8, 4) is 0 Å². The van der Waals surface area contributed by atoms with Gasteiger partial charge in [0.05, 0.1) is 19.8 Å². The molecule has 2 fully saturated rings. The zero-order valence-electron chi connectivity index (χ0n) is 30.4. The molecule has 2 aromatic rings. The van der Waals surface area contributed by atoms with Gasteiger partial charge in [0, 0.05) is 41.7 Å². The molecular weight excluding hydrogens is 700 g/mol. The second kappa shape index (κ2) is 20.1. The molecule has 0 spiro atoms. The van der Waals surface area contributed by atoms with Crippen molar-refractivity contribution in [2.75, 3.05) is 20.3 Å². The molecule has 16 nitrogen and oxygen atoms in total. The Hall–Kier alpha value is -4.45. The number of ether oxygens (including phenoxy) is 11. The number of esters is 5. The van der Waals surface area contributed by atoms with Gasteiger partial charge in [-0.25, -0.2) is 0 Å². The molecule has 2 aliphatic heterocycles. The number of hydrogen-bond donors (Lipinski definition) is 0. The first kappa shape index (κ1) is 41.3. The van der Waals surface area contributed by atoms with E-state index in [1.807, 2.05) is 60.7 Å². The van der Waals surface area contributed by atoms with Crippen molar-refractivity contribution in [2.24, 2.45) is 0 Å². The molecule has 0 bridgehead atoms. The molecule has 10 atom stereocenters. The molecule has 16 heteroatoms. The lowest BCUT2D eigenvalue weighted by Gasteiger charge is -2.50. The van der Waals surface area contributed by atoms with Crippen LogP contribution in [-0.2, 0) is 89.3 Å². The van der Waals surface area contributed by atoms with Crippen LogP contribution in [0, 0.1) is 0 Å². The van der Waals surface area contributed by atoms with Gasteiger partial charge in [-0.1, -0.05) is 60.7 Å². The molecule has 290 valence electrons. The van der Waals surface area contributed by atoms with E-state index < -0.39 is 97.9 Å². The summed E-state index contributed by atoms with van der Waals surface area (Å²) in [5, 5.41) is 0. The number of rotatable bonds is 17. The second-order valence-corrected chi connectivity index (χ2v) is 12.3. The van der Waals surface area contributed by atoms with Gasteiger partial charge in [-0.05, 0) is 11.1 Å². The molecule has 1 unspecified atom stereocenters. The van der Waals surface area contributed by atoms with E-state index in [-0.39, 0.29) is 19.8 Å². The first-order chi connectivity index (χ1) is 25.4. The van der Waals surface area contributed by atoms with E-state index in [0.717, 1.165) is 45.7 Å². The summed E-state index contributed by atoms with van der Waals surface area (Å²) >= 11 is 0. The lowest BCUT2D eigenvalue weighted by Crippen LogP contribution is -2.67. The van der Waals surface area contributed by atoms with Crippen LogP contribution in [0.5, 0.6) is 0 Å². The quantitative estimate of drug-likeness (QED) is 0.170. The van der Waals surface area contributed by atoms with Crippen molar-refractivity contribution in [1.29, 1.82) is 0 Å². The van der Waals surface area contributed by atoms with Crippen molar-refractivity contribution in [2.45, 2.75) is 109 Å². The third kappa shape index (κ3) is 12.3. The van der Waals surface area contributed by atoms with Crippen LogP contribution >= 0.6 is 0 Å². The fraction of sp³-hybridized carbons (Fsp3) is 0.541. The molecule has 0 saturated carbocycles. The van der Waals surface area contributed by atoms with Crippen LogP contribution < -0.4 is 0 Å². The number of hydrogen-bond acceptors (Lipinski definition) is 16. The number of fused-ring (bicyclic) bond motifs is 1. The first-order valence-corrected chi connectivity index (χ1v) is 16.9. The Kier molecular flexibility index (Phi) is 15.7. The summed E-state index contributed by atoms with van der Waals surface area (Å²) in [7, 11) is 1.47. The van der Waals surface area contributed by atoms with E-state index in [2.05, 4.69) is 0 Å². The molecular formula is C37H46O16. The second-order valence-electron chi connectivity index (χ2n) is 12.3. The van der Waals surface area contributed by atoms with Crippen LogP contribution in [0.2, 0.25) is 0 Å². The molecule has 0 N–H and O–H groups in total. The van der Waals surface area contributed by atoms with Crippen LogP contribution in [0.3, 0.4) is 0 Å². The summed E-state index contributed by atoms with van der Waals surface area (Å²) in [6, 6.07) is 18.9. The largest absolute Gasteiger partial charge is 0.462 e. The highest BCUT2D eigenvalue weighted by atomic mass is 16.8. The molecule has 2 heterocycles. The average molecular weight is 747 g/mol. The summed E-state index contributed by atoms with van der Waals surface area (Å²) in [5.74, 6) is -4.23. The highest BCUT2D eigenvalue weighted by Gasteiger charge is 2.55. The van der Waals surface area contributed by atoms with Crippen LogP contribution in [0.15, 0.2) is 60.7 Å². The van der Waals surface area contributed by atoms with Gasteiger partial charge in [0.25, 0.3) is 0 Å². The molecule has 0 radical (unpaired) electrons. The van der Waals surface area contributed by atoms with Gasteiger partial charge in [-0.15, -0.1) is 0 Å². The Morgan fingerprint density at radius 2 is 1.19 bits per heavy atom. The van der Waals surface area contributed by atoms with E-state index in [0.29, 0.717) is 0 Å². The van der Waals surface area contributed by atoms with Crippen LogP contribution in [0.1, 0.15) is 45.7 Å². The summed E-state index contributed by atoms with van der Waals surface area (Å²) in [6.45, 7) is 4.95. The standard InChI is InChI=1S/C37H46O16/c1-21(38)44-19-28(48-22(2)39)31(49-23(3)40)33(50-24(4)41)35(51-25(5)42)37-47-20-29-30(53-37)32(45-17-26-13-9-7-10-14-26)34(36(43-6)52-29)46-18-27-15-11-8-12-16-27/h7-16,28-37H,17-20H2,1-6H3/t28-,29-,30-,31-,32+,33+,34-,35-,36+,37?/m1/s1. The van der Waals surface area contributed by atoms with Gasteiger partial charge >= 0.3 is 29.8 Å². The molecule has 0 aromatic heterocycles. The number of benzene rings is 2. The summed E-state index contributed by atoms with van der Waals surface area (Å²) in [6.07, 6.45) is -12.5. The zero-order valence-corrected chi connectivity index (χ0v) is 30.4. The maximum absolute atomic E-state index is 12.6. The summed E-state index contributed by atoms with van der Waals surface area (Å²) in [5.41, 5.74) is 1.74. The third-order valence-corrected chi connectivity index (χ3v) is 8.07. The maximum atomic E-state index is 12.6. The Labute approximate surface area is 307 Å². The maximum Gasteiger partial charge on any atom is 0.303 e. The lowest BCUT2D eigenvalue weighted by molar-refractivity contribution is -0.380. The van der Waals surface area contributed by atoms with E-state index >= 15 is 0 Å². The van der Waals surface area contributed by atoms with Crippen molar-refractivity contribution in [3.05, 3.63) is 71.8 Å². The van der Waals surface area contributed by atoms with E-state index in [1.165, 1.54) is 7.11 Å². The highest BCUT2D eigenvalue weighted by molar-refractivity contribution is 5.69. The van der Waals surface area contributed by atoms with E-state index in [9.17, 15) is 24.0 Å². The average Bonchev–Trinajstić information content (AvgIpc) is 3.12. The van der Waals surface area contributed by atoms with Crippen molar-refractivity contribution < 1.29 is 76.1 Å². The van der Waals surface area contributed by atoms with Gasteiger partial charge in [-0.3, -0.25) is 24.0 Å². The number of methoxy groups -OCH3 is 1. The topological polar surface area (TPSA) is 187 Å². The Bertz CT molecular complexity index is 1500. The fourth-order valence-corrected chi connectivity index (χ4v) is 5.96. The Morgan fingerprint density at radius 1 is 0.660 bits per heavy atom. The fourth-order valence-electron chi connectivity index (χ4n) is 5.96.